The lowest BCUT2D eigenvalue weighted by Gasteiger charge is -2.09. The number of anilines is 2. The van der Waals surface area contributed by atoms with Gasteiger partial charge in [0.05, 0.1) is 15.5 Å². The Morgan fingerprint density at radius 2 is 1.73 bits per heavy atom. The van der Waals surface area contributed by atoms with Crippen molar-refractivity contribution in [1.82, 2.24) is 10.2 Å². The topological polar surface area (TPSA) is 114 Å². The van der Waals surface area contributed by atoms with Crippen molar-refractivity contribution in [2.24, 2.45) is 0 Å². The number of nitrogens with zero attached hydrogens (tertiary/aromatic N) is 2. The van der Waals surface area contributed by atoms with Gasteiger partial charge in [-0.3, -0.25) is 14.8 Å². The molecule has 0 bridgehead atoms. The molecule has 2 N–H and O–H groups in total. The maximum absolute atomic E-state index is 13.1. The molecule has 0 aliphatic heterocycles. The molecule has 0 saturated heterocycles. The Morgan fingerprint density at radius 3 is 2.48 bits per heavy atom. The van der Waals surface area contributed by atoms with Crippen LogP contribution in [0.5, 0.6) is 0 Å². The number of halogens is 3. The summed E-state index contributed by atoms with van der Waals surface area (Å²) in [6.07, 6.45) is 0. The van der Waals surface area contributed by atoms with E-state index < -0.39 is 21.7 Å². The highest BCUT2D eigenvalue weighted by atomic mass is 35.5. The van der Waals surface area contributed by atoms with Gasteiger partial charge in [0.15, 0.2) is 0 Å². The number of rotatable bonds is 6. The van der Waals surface area contributed by atoms with E-state index in [2.05, 4.69) is 20.2 Å². The summed E-state index contributed by atoms with van der Waals surface area (Å²) in [6, 6.07) is 14.6. The molecule has 0 radical (unpaired) electrons. The van der Waals surface area contributed by atoms with Crippen molar-refractivity contribution in [1.29, 1.82) is 0 Å². The van der Waals surface area contributed by atoms with E-state index in [4.69, 9.17) is 27.6 Å². The zero-order chi connectivity index (χ0) is 23.6. The largest absolute Gasteiger partial charge is 0.403 e. The van der Waals surface area contributed by atoms with E-state index in [1.165, 1.54) is 24.3 Å². The Morgan fingerprint density at radius 1 is 0.970 bits per heavy atom. The predicted octanol–water partition coefficient (Wildman–Crippen LogP) is 5.24. The number of sulfonamides is 1. The van der Waals surface area contributed by atoms with Gasteiger partial charge in [-0.2, -0.15) is 0 Å². The first-order valence-corrected chi connectivity index (χ1v) is 11.4. The minimum atomic E-state index is -3.98. The summed E-state index contributed by atoms with van der Waals surface area (Å²) in [5.74, 6) is -1.13. The van der Waals surface area contributed by atoms with Gasteiger partial charge >= 0.3 is 6.01 Å². The molecular weight excluding hydrogens is 494 g/mol. The molecule has 0 fully saturated rings. The second kappa shape index (κ2) is 9.18. The van der Waals surface area contributed by atoms with Crippen LogP contribution in [0.1, 0.15) is 10.4 Å². The van der Waals surface area contributed by atoms with E-state index in [1.807, 2.05) is 0 Å². The molecule has 1 amide bonds. The molecule has 0 saturated carbocycles. The number of carbonyl (C=O) groups is 1. The second-order valence-electron chi connectivity index (χ2n) is 6.63. The number of carbonyl (C=O) groups excluding carboxylic acids is 1. The third kappa shape index (κ3) is 5.30. The van der Waals surface area contributed by atoms with E-state index in [0.717, 1.165) is 24.3 Å². The summed E-state index contributed by atoms with van der Waals surface area (Å²) < 4.78 is 45.8. The summed E-state index contributed by atoms with van der Waals surface area (Å²) in [4.78, 5) is 12.5. The lowest BCUT2D eigenvalue weighted by molar-refractivity contribution is 0.102. The maximum atomic E-state index is 13.1. The molecule has 12 heteroatoms. The van der Waals surface area contributed by atoms with Gasteiger partial charge in [0.2, 0.25) is 0 Å². The van der Waals surface area contributed by atoms with Gasteiger partial charge < -0.3 is 4.42 Å². The number of aromatic nitrogens is 2. The monoisotopic (exact) mass is 506 g/mol. The first-order valence-electron chi connectivity index (χ1n) is 9.20. The molecule has 8 nitrogen and oxygen atoms in total. The Labute approximate surface area is 197 Å². The van der Waals surface area contributed by atoms with Gasteiger partial charge in [-0.25, -0.2) is 12.8 Å². The van der Waals surface area contributed by atoms with E-state index in [0.29, 0.717) is 15.6 Å². The van der Waals surface area contributed by atoms with Crippen LogP contribution in [0.4, 0.5) is 16.1 Å². The fourth-order valence-corrected chi connectivity index (χ4v) is 4.19. The average Bonchev–Trinajstić information content (AvgIpc) is 3.24. The van der Waals surface area contributed by atoms with Crippen molar-refractivity contribution in [2.45, 2.75) is 4.90 Å². The van der Waals surface area contributed by atoms with Gasteiger partial charge in [-0.1, -0.05) is 34.4 Å². The van der Waals surface area contributed by atoms with E-state index in [1.54, 1.807) is 18.2 Å². The number of amides is 1. The van der Waals surface area contributed by atoms with Gasteiger partial charge in [-0.15, -0.1) is 5.10 Å². The van der Waals surface area contributed by atoms with Crippen LogP contribution in [0, 0.1) is 5.82 Å². The number of nitrogens with one attached hydrogen (secondary N) is 2. The van der Waals surface area contributed by atoms with Crippen molar-refractivity contribution in [3.8, 4) is 11.5 Å². The van der Waals surface area contributed by atoms with Gasteiger partial charge in [0, 0.05) is 16.3 Å². The average molecular weight is 507 g/mol. The van der Waals surface area contributed by atoms with Crippen molar-refractivity contribution in [2.75, 3.05) is 10.0 Å². The Bertz CT molecular complexity index is 1440. The van der Waals surface area contributed by atoms with Crippen LogP contribution in [0.2, 0.25) is 10.0 Å². The van der Waals surface area contributed by atoms with Crippen molar-refractivity contribution < 1.29 is 22.0 Å². The predicted molar refractivity (Wildman–Crippen MR) is 121 cm³/mol. The molecule has 0 spiro atoms. The lowest BCUT2D eigenvalue weighted by Crippen LogP contribution is -2.15. The zero-order valence-electron chi connectivity index (χ0n) is 16.4. The highest BCUT2D eigenvalue weighted by Crippen LogP contribution is 2.30. The fraction of sp³-hybridized carbons (Fsp3) is 0. The normalized spacial score (nSPS) is 11.2. The minimum absolute atomic E-state index is 0.0543. The van der Waals surface area contributed by atoms with Gasteiger partial charge in [0.25, 0.3) is 21.8 Å². The van der Waals surface area contributed by atoms with Crippen molar-refractivity contribution in [3.05, 3.63) is 88.2 Å². The van der Waals surface area contributed by atoms with E-state index >= 15 is 0 Å². The molecule has 0 aliphatic rings. The fourth-order valence-electron chi connectivity index (χ4n) is 2.77. The molecule has 4 aromatic rings. The van der Waals surface area contributed by atoms with Crippen molar-refractivity contribution in [3.63, 3.8) is 0 Å². The van der Waals surface area contributed by atoms with Gasteiger partial charge in [-0.05, 0) is 60.7 Å². The van der Waals surface area contributed by atoms with Crippen LogP contribution >= 0.6 is 23.2 Å². The number of benzene rings is 3. The molecule has 33 heavy (non-hydrogen) atoms. The first kappa shape index (κ1) is 22.7. The summed E-state index contributed by atoms with van der Waals surface area (Å²) in [7, 11) is -3.98. The third-order valence-corrected chi connectivity index (χ3v) is 6.27. The maximum Gasteiger partial charge on any atom is 0.322 e. The standard InChI is InChI=1S/C21H13Cl2FN4O4S/c22-13-4-9-18(23)17(11-13)20-26-27-21(32-20)25-19(29)12-2-1-3-15(10-12)28-33(30,31)16-7-5-14(24)6-8-16/h1-11,28H,(H,25,27,29). The molecule has 1 aromatic heterocycles. The molecule has 0 aliphatic carbocycles. The molecule has 3 aromatic carbocycles. The second-order valence-corrected chi connectivity index (χ2v) is 9.16. The SMILES string of the molecule is O=C(Nc1nnc(-c2cc(Cl)ccc2Cl)o1)c1cccc(NS(=O)(=O)c2ccc(F)cc2)c1. The zero-order valence-corrected chi connectivity index (χ0v) is 18.7. The molecule has 4 rings (SSSR count). The molecule has 168 valence electrons. The lowest BCUT2D eigenvalue weighted by atomic mass is 10.2. The highest BCUT2D eigenvalue weighted by molar-refractivity contribution is 7.92. The summed E-state index contributed by atoms with van der Waals surface area (Å²) >= 11 is 12.1. The number of hydrogen-bond acceptors (Lipinski definition) is 6. The molecule has 0 unspecified atom stereocenters. The van der Waals surface area contributed by atoms with Crippen LogP contribution in [-0.2, 0) is 10.0 Å². The van der Waals surface area contributed by atoms with Crippen molar-refractivity contribution >= 4 is 50.8 Å². The third-order valence-electron chi connectivity index (χ3n) is 4.31. The van der Waals surface area contributed by atoms with Crippen LogP contribution in [0.25, 0.3) is 11.5 Å². The smallest absolute Gasteiger partial charge is 0.322 e. The molecule has 0 atom stereocenters. The first-order chi connectivity index (χ1) is 15.7. The number of hydrogen-bond donors (Lipinski definition) is 2. The van der Waals surface area contributed by atoms with E-state index in [-0.39, 0.29) is 28.1 Å². The van der Waals surface area contributed by atoms with Crippen LogP contribution in [0.15, 0.2) is 76.0 Å². The summed E-state index contributed by atoms with van der Waals surface area (Å²) in [5.41, 5.74) is 0.646. The Kier molecular flexibility index (Phi) is 6.32. The van der Waals surface area contributed by atoms with E-state index in [9.17, 15) is 17.6 Å². The van der Waals surface area contributed by atoms with Crippen LogP contribution < -0.4 is 10.0 Å². The van der Waals surface area contributed by atoms with Crippen LogP contribution in [0.3, 0.4) is 0 Å². The Balaban J connectivity index is 1.50. The quantitative estimate of drug-likeness (QED) is 0.369. The summed E-state index contributed by atoms with van der Waals surface area (Å²) in [5, 5.41) is 10.8. The Hall–Kier alpha value is -3.47. The highest BCUT2D eigenvalue weighted by Gasteiger charge is 2.17. The minimum Gasteiger partial charge on any atom is -0.403 e. The molecule has 1 heterocycles. The van der Waals surface area contributed by atoms with Gasteiger partial charge in [0.1, 0.15) is 5.82 Å². The van der Waals surface area contributed by atoms with Crippen LogP contribution in [-0.4, -0.2) is 24.5 Å². The molecular formula is C21H13Cl2FN4O4S. The summed E-state index contributed by atoms with van der Waals surface area (Å²) in [6.45, 7) is 0.